The Kier molecular flexibility index (Phi) is 4.01. The van der Waals surface area contributed by atoms with Crippen molar-refractivity contribution in [3.05, 3.63) is 40.7 Å². The maximum absolute atomic E-state index is 11.4. The largest absolute Gasteiger partial charge is 0.465 e. The van der Waals surface area contributed by atoms with Gasteiger partial charge in [0.1, 0.15) is 29.0 Å². The summed E-state index contributed by atoms with van der Waals surface area (Å²) in [4.78, 5) is 11.4. The number of methoxy groups -OCH3 is 1. The lowest BCUT2D eigenvalue weighted by molar-refractivity contribution is 0.0599. The molecule has 6 heteroatoms. The van der Waals surface area contributed by atoms with Gasteiger partial charge >= 0.3 is 5.97 Å². The second-order valence-electron chi connectivity index (χ2n) is 4.22. The zero-order chi connectivity index (χ0) is 13.8. The average Bonchev–Trinajstić information content (AvgIpc) is 2.96. The van der Waals surface area contributed by atoms with Crippen LogP contribution in [0.5, 0.6) is 0 Å². The van der Waals surface area contributed by atoms with Gasteiger partial charge < -0.3 is 19.0 Å². The highest BCUT2D eigenvalue weighted by molar-refractivity contribution is 5.90. The van der Waals surface area contributed by atoms with E-state index in [4.69, 9.17) is 8.94 Å². The first-order valence-corrected chi connectivity index (χ1v) is 5.90. The molecule has 0 fully saturated rings. The van der Waals surface area contributed by atoms with Crippen LogP contribution in [0.3, 0.4) is 0 Å². The maximum atomic E-state index is 11.4. The fraction of sp³-hybridized carbons (Fsp3) is 0.385. The average molecular weight is 264 g/mol. The summed E-state index contributed by atoms with van der Waals surface area (Å²) in [6, 6.07) is 1.68. The summed E-state index contributed by atoms with van der Waals surface area (Å²) < 4.78 is 15.0. The summed E-state index contributed by atoms with van der Waals surface area (Å²) in [7, 11) is 1.35. The van der Waals surface area contributed by atoms with Crippen molar-refractivity contribution in [1.82, 2.24) is 10.5 Å². The minimum atomic E-state index is -0.389. The number of rotatable bonds is 5. The van der Waals surface area contributed by atoms with Crippen LogP contribution in [-0.2, 0) is 17.8 Å². The Hall–Kier alpha value is -2.08. The third kappa shape index (κ3) is 3.03. The van der Waals surface area contributed by atoms with E-state index in [0.29, 0.717) is 30.2 Å². The van der Waals surface area contributed by atoms with Crippen molar-refractivity contribution in [3.63, 3.8) is 0 Å². The van der Waals surface area contributed by atoms with Gasteiger partial charge in [-0.3, -0.25) is 0 Å². The van der Waals surface area contributed by atoms with Crippen LogP contribution in [0.25, 0.3) is 0 Å². The van der Waals surface area contributed by atoms with Crippen molar-refractivity contribution in [2.45, 2.75) is 26.9 Å². The van der Waals surface area contributed by atoms with Gasteiger partial charge in [-0.15, -0.1) is 0 Å². The van der Waals surface area contributed by atoms with Crippen LogP contribution in [0, 0.1) is 13.8 Å². The molecule has 0 unspecified atom stereocenters. The molecule has 2 aromatic heterocycles. The number of hydrogen-bond acceptors (Lipinski definition) is 6. The monoisotopic (exact) mass is 264 g/mol. The maximum Gasteiger partial charge on any atom is 0.341 e. The zero-order valence-corrected chi connectivity index (χ0v) is 11.1. The summed E-state index contributed by atoms with van der Waals surface area (Å²) in [5, 5.41) is 7.04. The van der Waals surface area contributed by atoms with Crippen LogP contribution >= 0.6 is 0 Å². The van der Waals surface area contributed by atoms with E-state index in [2.05, 4.69) is 15.2 Å². The van der Waals surface area contributed by atoms with Crippen molar-refractivity contribution in [1.29, 1.82) is 0 Å². The molecule has 19 heavy (non-hydrogen) atoms. The van der Waals surface area contributed by atoms with E-state index < -0.39 is 0 Å². The van der Waals surface area contributed by atoms with E-state index in [0.717, 1.165) is 11.3 Å². The van der Waals surface area contributed by atoms with Crippen LogP contribution in [0.15, 0.2) is 21.3 Å². The quantitative estimate of drug-likeness (QED) is 0.832. The van der Waals surface area contributed by atoms with Gasteiger partial charge in [-0.2, -0.15) is 0 Å². The molecule has 0 amide bonds. The zero-order valence-electron chi connectivity index (χ0n) is 11.1. The molecular formula is C13H16N2O4. The molecule has 0 radical (unpaired) electrons. The van der Waals surface area contributed by atoms with Crippen LogP contribution in [-0.4, -0.2) is 18.2 Å². The van der Waals surface area contributed by atoms with E-state index >= 15 is 0 Å². The number of nitrogens with zero attached hydrogens (tertiary/aromatic N) is 1. The minimum absolute atomic E-state index is 0.389. The molecule has 0 bridgehead atoms. The van der Waals surface area contributed by atoms with Crippen LogP contribution < -0.4 is 5.32 Å². The van der Waals surface area contributed by atoms with E-state index in [1.807, 2.05) is 6.92 Å². The van der Waals surface area contributed by atoms with Crippen LogP contribution in [0.1, 0.15) is 33.1 Å². The van der Waals surface area contributed by atoms with Crippen molar-refractivity contribution >= 4 is 5.97 Å². The molecule has 0 aromatic carbocycles. The lowest BCUT2D eigenvalue weighted by atomic mass is 10.2. The second-order valence-corrected chi connectivity index (χ2v) is 4.22. The molecule has 2 heterocycles. The van der Waals surface area contributed by atoms with Crippen molar-refractivity contribution in [2.24, 2.45) is 0 Å². The first-order valence-electron chi connectivity index (χ1n) is 5.90. The molecule has 2 aromatic rings. The van der Waals surface area contributed by atoms with E-state index in [-0.39, 0.29) is 5.97 Å². The molecule has 0 atom stereocenters. The smallest absolute Gasteiger partial charge is 0.341 e. The predicted molar refractivity (Wildman–Crippen MR) is 66.6 cm³/mol. The van der Waals surface area contributed by atoms with E-state index in [1.54, 1.807) is 19.3 Å². The Morgan fingerprint density at radius 2 is 2.21 bits per heavy atom. The molecular weight excluding hydrogens is 248 g/mol. The van der Waals surface area contributed by atoms with Crippen molar-refractivity contribution in [3.8, 4) is 0 Å². The lowest BCUT2D eigenvalue weighted by Gasteiger charge is -1.99. The van der Waals surface area contributed by atoms with Crippen LogP contribution in [0.2, 0.25) is 0 Å². The Morgan fingerprint density at radius 3 is 2.84 bits per heavy atom. The van der Waals surface area contributed by atoms with Gasteiger partial charge in [0.2, 0.25) is 0 Å². The number of carbonyl (C=O) groups excluding carboxylic acids is 1. The fourth-order valence-corrected chi connectivity index (χ4v) is 1.73. The van der Waals surface area contributed by atoms with Gasteiger partial charge in [0.05, 0.1) is 13.7 Å². The molecule has 1 N–H and O–H groups in total. The molecule has 102 valence electrons. The molecule has 0 saturated carbocycles. The molecule has 2 rings (SSSR count). The van der Waals surface area contributed by atoms with Crippen LogP contribution in [0.4, 0.5) is 0 Å². The number of aromatic nitrogens is 1. The Bertz CT molecular complexity index is 571. The number of aryl methyl sites for hydroxylation is 2. The summed E-state index contributed by atoms with van der Waals surface area (Å²) in [6.07, 6.45) is 1.60. The first kappa shape index (κ1) is 13.4. The van der Waals surface area contributed by atoms with E-state index in [9.17, 15) is 4.79 Å². The topological polar surface area (TPSA) is 77.5 Å². The van der Waals surface area contributed by atoms with Gasteiger partial charge in [-0.25, -0.2) is 4.79 Å². The number of hydrogen-bond donors (Lipinski definition) is 1. The Morgan fingerprint density at radius 1 is 1.42 bits per heavy atom. The fourth-order valence-electron chi connectivity index (χ4n) is 1.73. The van der Waals surface area contributed by atoms with E-state index in [1.165, 1.54) is 7.11 Å². The number of furan rings is 1. The van der Waals surface area contributed by atoms with Gasteiger partial charge in [-0.1, -0.05) is 5.16 Å². The summed E-state index contributed by atoms with van der Waals surface area (Å²) in [6.45, 7) is 4.75. The molecule has 6 nitrogen and oxygen atoms in total. The van der Waals surface area contributed by atoms with Gasteiger partial charge in [0, 0.05) is 12.1 Å². The summed E-state index contributed by atoms with van der Waals surface area (Å²) in [5.74, 6) is 0.847. The number of ether oxygens (including phenoxy) is 1. The third-order valence-electron chi connectivity index (χ3n) is 2.81. The molecule has 0 saturated heterocycles. The molecule has 0 aliphatic heterocycles. The predicted octanol–water partition coefficient (Wildman–Crippen LogP) is 1.96. The highest BCUT2D eigenvalue weighted by atomic mass is 16.5. The number of esters is 1. The molecule has 0 aliphatic carbocycles. The Balaban J connectivity index is 1.93. The SMILES string of the molecule is COC(=O)c1cc(CNCc2nocc2C)oc1C. The van der Waals surface area contributed by atoms with Gasteiger partial charge in [0.25, 0.3) is 0 Å². The first-order chi connectivity index (χ1) is 9.11. The second kappa shape index (κ2) is 5.71. The summed E-state index contributed by atoms with van der Waals surface area (Å²) in [5.41, 5.74) is 2.31. The minimum Gasteiger partial charge on any atom is -0.465 e. The van der Waals surface area contributed by atoms with Gasteiger partial charge in [0.15, 0.2) is 0 Å². The molecule has 0 spiro atoms. The normalized spacial score (nSPS) is 10.7. The number of nitrogens with one attached hydrogen (secondary N) is 1. The van der Waals surface area contributed by atoms with Gasteiger partial charge in [-0.05, 0) is 19.9 Å². The summed E-state index contributed by atoms with van der Waals surface area (Å²) >= 11 is 0. The Labute approximate surface area is 110 Å². The number of carbonyl (C=O) groups is 1. The third-order valence-corrected chi connectivity index (χ3v) is 2.81. The highest BCUT2D eigenvalue weighted by Gasteiger charge is 2.15. The van der Waals surface area contributed by atoms with Crippen molar-refractivity contribution < 1.29 is 18.5 Å². The lowest BCUT2D eigenvalue weighted by Crippen LogP contribution is -2.13. The molecule has 0 aliphatic rings. The standard InChI is InChI=1S/C13H16N2O4/c1-8-7-18-15-12(8)6-14-5-10-4-11(9(2)19-10)13(16)17-3/h4,7,14H,5-6H2,1-3H3. The highest BCUT2D eigenvalue weighted by Crippen LogP contribution is 2.15. The van der Waals surface area contributed by atoms with Crippen molar-refractivity contribution in [2.75, 3.05) is 7.11 Å².